The zero-order valence-corrected chi connectivity index (χ0v) is 10.8. The van der Waals surface area contributed by atoms with Gasteiger partial charge in [-0.1, -0.05) is 6.07 Å². The van der Waals surface area contributed by atoms with Gasteiger partial charge in [0, 0.05) is 12.6 Å². The number of carboxylic acids is 1. The summed E-state index contributed by atoms with van der Waals surface area (Å²) in [5, 5.41) is 19.2. The molecule has 0 fully saturated rings. The zero-order chi connectivity index (χ0) is 15.1. The van der Waals surface area contributed by atoms with Crippen LogP contribution in [0.2, 0.25) is 0 Å². The van der Waals surface area contributed by atoms with Crippen LogP contribution < -0.4 is 4.74 Å². The van der Waals surface area contributed by atoms with E-state index in [4.69, 9.17) is 9.84 Å². The third kappa shape index (κ3) is 4.56. The van der Waals surface area contributed by atoms with Crippen LogP contribution in [-0.2, 0) is 9.59 Å². The first-order valence-electron chi connectivity index (χ1n) is 5.81. The average molecular weight is 282 g/mol. The molecule has 1 aromatic carbocycles. The van der Waals surface area contributed by atoms with E-state index in [1.54, 1.807) is 6.92 Å². The molecule has 20 heavy (non-hydrogen) atoms. The Hall–Kier alpha value is -2.64. The second-order valence-corrected chi connectivity index (χ2v) is 3.84. The molecule has 0 spiro atoms. The standard InChI is InChI=1S/C12H14N2O6/c1-2-13(7-12(16)17)11(15)8-20-10-5-3-4-9(6-10)14(18)19/h3-6H,2,7-8H2,1H3,(H,16,17). The average Bonchev–Trinajstić information content (AvgIpc) is 2.42. The summed E-state index contributed by atoms with van der Waals surface area (Å²) >= 11 is 0. The van der Waals surface area contributed by atoms with E-state index in [1.165, 1.54) is 24.3 Å². The number of carbonyl (C=O) groups excluding carboxylic acids is 1. The normalized spacial score (nSPS) is 9.85. The maximum atomic E-state index is 11.7. The summed E-state index contributed by atoms with van der Waals surface area (Å²) in [6.45, 7) is 1.10. The second kappa shape index (κ2) is 7.07. The van der Waals surface area contributed by atoms with Gasteiger partial charge in [-0.2, -0.15) is 0 Å². The highest BCUT2D eigenvalue weighted by Crippen LogP contribution is 2.18. The Morgan fingerprint density at radius 1 is 1.45 bits per heavy atom. The van der Waals surface area contributed by atoms with Crippen LogP contribution >= 0.6 is 0 Å². The third-order valence-corrected chi connectivity index (χ3v) is 2.45. The predicted octanol–water partition coefficient (Wildman–Crippen LogP) is 0.907. The molecule has 0 bridgehead atoms. The maximum Gasteiger partial charge on any atom is 0.323 e. The predicted molar refractivity (Wildman–Crippen MR) is 68.5 cm³/mol. The van der Waals surface area contributed by atoms with Gasteiger partial charge in [-0.15, -0.1) is 0 Å². The van der Waals surface area contributed by atoms with E-state index in [9.17, 15) is 19.7 Å². The van der Waals surface area contributed by atoms with Gasteiger partial charge in [0.1, 0.15) is 12.3 Å². The van der Waals surface area contributed by atoms with Crippen molar-refractivity contribution in [2.24, 2.45) is 0 Å². The quantitative estimate of drug-likeness (QED) is 0.587. The van der Waals surface area contributed by atoms with Crippen LogP contribution in [0, 0.1) is 10.1 Å². The molecule has 0 aliphatic carbocycles. The van der Waals surface area contributed by atoms with Gasteiger partial charge in [-0.3, -0.25) is 19.7 Å². The lowest BCUT2D eigenvalue weighted by molar-refractivity contribution is -0.384. The number of likely N-dealkylation sites (N-methyl/N-ethyl adjacent to an activating group) is 1. The van der Waals surface area contributed by atoms with Crippen molar-refractivity contribution in [3.8, 4) is 5.75 Å². The van der Waals surface area contributed by atoms with Crippen molar-refractivity contribution in [2.45, 2.75) is 6.92 Å². The molecule has 0 saturated carbocycles. The van der Waals surface area contributed by atoms with Gasteiger partial charge in [0.25, 0.3) is 11.6 Å². The number of nitro benzene ring substituents is 1. The van der Waals surface area contributed by atoms with E-state index in [1.807, 2.05) is 0 Å². The van der Waals surface area contributed by atoms with E-state index in [0.29, 0.717) is 0 Å². The summed E-state index contributed by atoms with van der Waals surface area (Å²) < 4.78 is 5.13. The summed E-state index contributed by atoms with van der Waals surface area (Å²) in [6.07, 6.45) is 0. The van der Waals surface area contributed by atoms with Crippen molar-refractivity contribution in [2.75, 3.05) is 19.7 Å². The van der Waals surface area contributed by atoms with Crippen LogP contribution in [0.4, 0.5) is 5.69 Å². The molecule has 1 aromatic rings. The Labute approximate surface area is 114 Å². The van der Waals surface area contributed by atoms with Crippen LogP contribution in [-0.4, -0.2) is 46.5 Å². The van der Waals surface area contributed by atoms with Crippen LogP contribution in [0.3, 0.4) is 0 Å². The van der Waals surface area contributed by atoms with Crippen molar-refractivity contribution >= 4 is 17.6 Å². The maximum absolute atomic E-state index is 11.7. The SMILES string of the molecule is CCN(CC(=O)O)C(=O)COc1cccc([N+](=O)[O-])c1. The van der Waals surface area contributed by atoms with Gasteiger partial charge in [0.2, 0.25) is 0 Å². The number of ether oxygens (including phenoxy) is 1. The molecule has 8 heteroatoms. The smallest absolute Gasteiger partial charge is 0.323 e. The highest BCUT2D eigenvalue weighted by molar-refractivity contribution is 5.82. The summed E-state index contributed by atoms with van der Waals surface area (Å²) in [5.41, 5.74) is -0.146. The van der Waals surface area contributed by atoms with Crippen molar-refractivity contribution in [1.82, 2.24) is 4.90 Å². The van der Waals surface area contributed by atoms with Gasteiger partial charge in [0.05, 0.1) is 11.0 Å². The fourth-order valence-corrected chi connectivity index (χ4v) is 1.46. The fraction of sp³-hybridized carbons (Fsp3) is 0.333. The molecule has 0 saturated heterocycles. The number of carbonyl (C=O) groups is 2. The molecule has 1 N–H and O–H groups in total. The Morgan fingerprint density at radius 3 is 2.70 bits per heavy atom. The monoisotopic (exact) mass is 282 g/mol. The fourth-order valence-electron chi connectivity index (χ4n) is 1.46. The second-order valence-electron chi connectivity index (χ2n) is 3.84. The van der Waals surface area contributed by atoms with Crippen LogP contribution in [0.5, 0.6) is 5.75 Å². The van der Waals surface area contributed by atoms with Gasteiger partial charge in [-0.05, 0) is 13.0 Å². The molecular formula is C12H14N2O6. The van der Waals surface area contributed by atoms with Crippen LogP contribution in [0.25, 0.3) is 0 Å². The molecular weight excluding hydrogens is 268 g/mol. The summed E-state index contributed by atoms with van der Waals surface area (Å²) in [4.78, 5) is 33.4. The highest BCUT2D eigenvalue weighted by atomic mass is 16.6. The van der Waals surface area contributed by atoms with E-state index >= 15 is 0 Å². The molecule has 0 radical (unpaired) electrons. The Kier molecular flexibility index (Phi) is 5.45. The lowest BCUT2D eigenvalue weighted by atomic mass is 10.3. The Bertz CT molecular complexity index is 516. The molecule has 1 amide bonds. The third-order valence-electron chi connectivity index (χ3n) is 2.45. The van der Waals surface area contributed by atoms with Crippen molar-refractivity contribution in [1.29, 1.82) is 0 Å². The molecule has 0 unspecified atom stereocenters. The molecule has 0 aliphatic heterocycles. The summed E-state index contributed by atoms with van der Waals surface area (Å²) in [6, 6.07) is 5.42. The number of nitrogens with zero attached hydrogens (tertiary/aromatic N) is 2. The Balaban J connectivity index is 2.62. The number of carboxylic acid groups (broad SMARTS) is 1. The minimum atomic E-state index is -1.12. The minimum Gasteiger partial charge on any atom is -0.484 e. The van der Waals surface area contributed by atoms with Crippen molar-refractivity contribution in [3.05, 3.63) is 34.4 Å². The molecule has 0 aromatic heterocycles. The van der Waals surface area contributed by atoms with Crippen LogP contribution in [0.1, 0.15) is 6.92 Å². The molecule has 108 valence electrons. The summed E-state index contributed by atoms with van der Waals surface area (Å²) in [5.74, 6) is -1.43. The van der Waals surface area contributed by atoms with E-state index in [0.717, 1.165) is 4.90 Å². The van der Waals surface area contributed by atoms with E-state index in [-0.39, 0.29) is 24.6 Å². The minimum absolute atomic E-state index is 0.146. The number of aliphatic carboxylic acids is 1. The number of amides is 1. The first-order valence-corrected chi connectivity index (χ1v) is 5.81. The molecule has 1 rings (SSSR count). The number of nitro groups is 1. The Morgan fingerprint density at radius 2 is 2.15 bits per heavy atom. The molecule has 0 aliphatic rings. The molecule has 0 atom stereocenters. The number of benzene rings is 1. The molecule has 0 heterocycles. The first kappa shape index (κ1) is 15.4. The van der Waals surface area contributed by atoms with Crippen molar-refractivity contribution in [3.63, 3.8) is 0 Å². The van der Waals surface area contributed by atoms with Gasteiger partial charge in [-0.25, -0.2) is 0 Å². The van der Waals surface area contributed by atoms with Gasteiger partial charge < -0.3 is 14.7 Å². The molecule has 8 nitrogen and oxygen atoms in total. The zero-order valence-electron chi connectivity index (χ0n) is 10.8. The highest BCUT2D eigenvalue weighted by Gasteiger charge is 2.16. The number of hydrogen-bond acceptors (Lipinski definition) is 5. The van der Waals surface area contributed by atoms with Crippen LogP contribution in [0.15, 0.2) is 24.3 Å². The first-order chi connectivity index (χ1) is 9.43. The van der Waals surface area contributed by atoms with Crippen molar-refractivity contribution < 1.29 is 24.4 Å². The largest absolute Gasteiger partial charge is 0.484 e. The van der Waals surface area contributed by atoms with E-state index < -0.39 is 23.3 Å². The lowest BCUT2D eigenvalue weighted by Gasteiger charge is -2.18. The number of rotatable bonds is 7. The number of non-ortho nitro benzene ring substituents is 1. The summed E-state index contributed by atoms with van der Waals surface area (Å²) in [7, 11) is 0. The lowest BCUT2D eigenvalue weighted by Crippen LogP contribution is -2.38. The topological polar surface area (TPSA) is 110 Å². The van der Waals surface area contributed by atoms with Gasteiger partial charge >= 0.3 is 5.97 Å². The van der Waals surface area contributed by atoms with E-state index in [2.05, 4.69) is 0 Å². The van der Waals surface area contributed by atoms with Gasteiger partial charge in [0.15, 0.2) is 6.61 Å². The number of hydrogen-bond donors (Lipinski definition) is 1.